The van der Waals surface area contributed by atoms with E-state index in [1.165, 1.54) is 0 Å². The van der Waals surface area contributed by atoms with E-state index in [1.807, 2.05) is 32.0 Å². The van der Waals surface area contributed by atoms with Crippen molar-refractivity contribution >= 4 is 5.91 Å². The minimum Gasteiger partial charge on any atom is -0.493 e. The molecule has 1 heterocycles. The van der Waals surface area contributed by atoms with E-state index in [9.17, 15) is 4.79 Å². The molecular formula is C17H26N2O4. The molecule has 0 saturated carbocycles. The Morgan fingerprint density at radius 3 is 2.78 bits per heavy atom. The lowest BCUT2D eigenvalue weighted by Crippen LogP contribution is -2.56. The second kappa shape index (κ2) is 8.17. The van der Waals surface area contributed by atoms with Gasteiger partial charge in [-0.15, -0.1) is 0 Å². The summed E-state index contributed by atoms with van der Waals surface area (Å²) in [6.45, 7) is 5.25. The molecule has 1 aliphatic heterocycles. The van der Waals surface area contributed by atoms with Crippen LogP contribution in [0.2, 0.25) is 0 Å². The first-order valence-electron chi connectivity index (χ1n) is 7.91. The Hall–Kier alpha value is -1.79. The van der Waals surface area contributed by atoms with Crippen LogP contribution in [0.5, 0.6) is 11.5 Å². The van der Waals surface area contributed by atoms with Gasteiger partial charge in [0.15, 0.2) is 11.5 Å². The topological polar surface area (TPSA) is 68.8 Å². The van der Waals surface area contributed by atoms with Crippen molar-refractivity contribution in [2.24, 2.45) is 0 Å². The summed E-state index contributed by atoms with van der Waals surface area (Å²) in [5, 5.41) is 6.24. The quantitative estimate of drug-likeness (QED) is 0.822. The number of hydrogen-bond acceptors (Lipinski definition) is 5. The van der Waals surface area contributed by atoms with Gasteiger partial charge in [-0.05, 0) is 38.0 Å². The molecule has 23 heavy (non-hydrogen) atoms. The molecule has 1 saturated heterocycles. The fourth-order valence-electron chi connectivity index (χ4n) is 2.77. The summed E-state index contributed by atoms with van der Waals surface area (Å²) >= 11 is 0. The van der Waals surface area contributed by atoms with Crippen LogP contribution in [0.1, 0.15) is 19.4 Å². The first-order chi connectivity index (χ1) is 11.0. The summed E-state index contributed by atoms with van der Waals surface area (Å²) < 4.78 is 16.1. The number of morpholine rings is 1. The zero-order valence-electron chi connectivity index (χ0n) is 14.2. The second-order valence-corrected chi connectivity index (χ2v) is 5.81. The number of hydrogen-bond donors (Lipinski definition) is 2. The number of rotatable bonds is 6. The number of ether oxygens (including phenoxy) is 3. The molecule has 0 bridgehead atoms. The molecule has 0 aromatic heterocycles. The van der Waals surface area contributed by atoms with Crippen LogP contribution in [0.4, 0.5) is 0 Å². The Morgan fingerprint density at radius 2 is 2.13 bits per heavy atom. The SMILES string of the molecule is COc1ccc(CC(C)NC(=O)[C@H]2NCCO[C@@H]2C)cc1OC. The summed E-state index contributed by atoms with van der Waals surface area (Å²) in [5.74, 6) is 1.37. The molecule has 1 aliphatic rings. The van der Waals surface area contributed by atoms with Crippen LogP contribution in [0.15, 0.2) is 18.2 Å². The summed E-state index contributed by atoms with van der Waals surface area (Å²) in [7, 11) is 3.23. The molecule has 1 unspecified atom stereocenters. The molecule has 1 aromatic carbocycles. The summed E-state index contributed by atoms with van der Waals surface area (Å²) in [6.07, 6.45) is 0.602. The highest BCUT2D eigenvalue weighted by molar-refractivity contribution is 5.82. The van der Waals surface area contributed by atoms with Crippen LogP contribution in [0.3, 0.4) is 0 Å². The van der Waals surface area contributed by atoms with Gasteiger partial charge in [-0.25, -0.2) is 0 Å². The van der Waals surface area contributed by atoms with Gasteiger partial charge in [0.2, 0.25) is 5.91 Å². The van der Waals surface area contributed by atoms with Crippen molar-refractivity contribution in [2.75, 3.05) is 27.4 Å². The lowest BCUT2D eigenvalue weighted by Gasteiger charge is -2.30. The number of methoxy groups -OCH3 is 2. The van der Waals surface area contributed by atoms with Crippen molar-refractivity contribution in [3.05, 3.63) is 23.8 Å². The molecule has 6 nitrogen and oxygen atoms in total. The molecule has 1 aromatic rings. The lowest BCUT2D eigenvalue weighted by atomic mass is 10.0. The van der Waals surface area contributed by atoms with Crippen LogP contribution < -0.4 is 20.1 Å². The van der Waals surface area contributed by atoms with E-state index in [0.717, 1.165) is 5.56 Å². The highest BCUT2D eigenvalue weighted by atomic mass is 16.5. The third kappa shape index (κ3) is 4.59. The molecule has 128 valence electrons. The third-order valence-corrected chi connectivity index (χ3v) is 3.98. The number of nitrogens with one attached hydrogen (secondary N) is 2. The van der Waals surface area contributed by atoms with Crippen LogP contribution in [0, 0.1) is 0 Å². The fraction of sp³-hybridized carbons (Fsp3) is 0.588. The zero-order chi connectivity index (χ0) is 16.8. The first kappa shape index (κ1) is 17.6. The molecule has 2 N–H and O–H groups in total. The van der Waals surface area contributed by atoms with Crippen molar-refractivity contribution in [2.45, 2.75) is 38.5 Å². The van der Waals surface area contributed by atoms with Crippen molar-refractivity contribution in [1.29, 1.82) is 0 Å². The molecule has 6 heteroatoms. The molecule has 2 rings (SSSR count). The lowest BCUT2D eigenvalue weighted by molar-refractivity contribution is -0.129. The van der Waals surface area contributed by atoms with Gasteiger partial charge in [-0.1, -0.05) is 6.07 Å². The third-order valence-electron chi connectivity index (χ3n) is 3.98. The molecule has 1 amide bonds. The average molecular weight is 322 g/mol. The summed E-state index contributed by atoms with van der Waals surface area (Å²) in [6, 6.07) is 5.51. The number of amides is 1. The van der Waals surface area contributed by atoms with Gasteiger partial charge in [0.1, 0.15) is 6.04 Å². The van der Waals surface area contributed by atoms with Crippen LogP contribution >= 0.6 is 0 Å². The van der Waals surface area contributed by atoms with E-state index in [2.05, 4.69) is 10.6 Å². The predicted molar refractivity (Wildman–Crippen MR) is 88.1 cm³/mol. The van der Waals surface area contributed by atoms with Gasteiger partial charge in [-0.3, -0.25) is 4.79 Å². The van der Waals surface area contributed by atoms with Gasteiger partial charge in [-0.2, -0.15) is 0 Å². The summed E-state index contributed by atoms with van der Waals surface area (Å²) in [4.78, 5) is 12.3. The maximum atomic E-state index is 12.3. The van der Waals surface area contributed by atoms with Gasteiger partial charge >= 0.3 is 0 Å². The van der Waals surface area contributed by atoms with Gasteiger partial charge in [0, 0.05) is 12.6 Å². The number of carbonyl (C=O) groups is 1. The highest BCUT2D eigenvalue weighted by Gasteiger charge is 2.28. The van der Waals surface area contributed by atoms with Crippen LogP contribution in [-0.4, -0.2) is 51.5 Å². The Morgan fingerprint density at radius 1 is 1.39 bits per heavy atom. The average Bonchev–Trinajstić information content (AvgIpc) is 2.54. The van der Waals surface area contributed by atoms with Crippen molar-refractivity contribution in [3.63, 3.8) is 0 Å². The molecule has 1 fully saturated rings. The van der Waals surface area contributed by atoms with E-state index >= 15 is 0 Å². The predicted octanol–water partition coefficient (Wildman–Crippen LogP) is 1.13. The Kier molecular flexibility index (Phi) is 6.24. The maximum absolute atomic E-state index is 12.3. The van der Waals surface area contributed by atoms with E-state index in [0.29, 0.717) is 31.1 Å². The smallest absolute Gasteiger partial charge is 0.240 e. The molecule has 0 spiro atoms. The number of carbonyl (C=O) groups excluding carboxylic acids is 1. The van der Waals surface area contributed by atoms with E-state index in [4.69, 9.17) is 14.2 Å². The van der Waals surface area contributed by atoms with Gasteiger partial charge in [0.05, 0.1) is 26.9 Å². The van der Waals surface area contributed by atoms with Crippen LogP contribution in [-0.2, 0) is 16.0 Å². The number of benzene rings is 1. The Labute approximate surface area is 137 Å². The molecule has 0 radical (unpaired) electrons. The van der Waals surface area contributed by atoms with Crippen molar-refractivity contribution in [3.8, 4) is 11.5 Å². The van der Waals surface area contributed by atoms with E-state index in [-0.39, 0.29) is 24.1 Å². The second-order valence-electron chi connectivity index (χ2n) is 5.81. The Balaban J connectivity index is 1.93. The zero-order valence-corrected chi connectivity index (χ0v) is 14.2. The standard InChI is InChI=1S/C17H26N2O4/c1-11(19-17(20)16-12(2)23-8-7-18-16)9-13-5-6-14(21-3)15(10-13)22-4/h5-6,10-12,16,18H,7-9H2,1-4H3,(H,19,20)/t11?,12-,16+/m1/s1. The van der Waals surface area contributed by atoms with Gasteiger partial charge in [0.25, 0.3) is 0 Å². The van der Waals surface area contributed by atoms with Crippen molar-refractivity contribution in [1.82, 2.24) is 10.6 Å². The largest absolute Gasteiger partial charge is 0.493 e. The highest BCUT2D eigenvalue weighted by Crippen LogP contribution is 2.27. The van der Waals surface area contributed by atoms with E-state index in [1.54, 1.807) is 14.2 Å². The maximum Gasteiger partial charge on any atom is 0.240 e. The minimum absolute atomic E-state index is 0.0107. The minimum atomic E-state index is -0.295. The monoisotopic (exact) mass is 322 g/mol. The molecular weight excluding hydrogens is 296 g/mol. The molecule has 0 aliphatic carbocycles. The van der Waals surface area contributed by atoms with Crippen molar-refractivity contribution < 1.29 is 19.0 Å². The Bertz CT molecular complexity index is 535. The normalized spacial score (nSPS) is 22.3. The first-order valence-corrected chi connectivity index (χ1v) is 7.91. The molecule has 3 atom stereocenters. The summed E-state index contributed by atoms with van der Waals surface area (Å²) in [5.41, 5.74) is 1.08. The van der Waals surface area contributed by atoms with Crippen LogP contribution in [0.25, 0.3) is 0 Å². The fourth-order valence-corrected chi connectivity index (χ4v) is 2.77. The van der Waals surface area contributed by atoms with Gasteiger partial charge < -0.3 is 24.8 Å². The van der Waals surface area contributed by atoms with E-state index < -0.39 is 0 Å².